The molecule has 0 amide bonds. The van der Waals surface area contributed by atoms with E-state index in [4.69, 9.17) is 4.52 Å². The van der Waals surface area contributed by atoms with E-state index < -0.39 is 16.1 Å². The Morgan fingerprint density at radius 3 is 2.74 bits per heavy atom. The summed E-state index contributed by atoms with van der Waals surface area (Å²) in [5, 5.41) is 14.2. The van der Waals surface area contributed by atoms with Crippen LogP contribution < -0.4 is 4.72 Å². The van der Waals surface area contributed by atoms with Crippen LogP contribution in [0.3, 0.4) is 0 Å². The van der Waals surface area contributed by atoms with E-state index >= 15 is 0 Å². The van der Waals surface area contributed by atoms with E-state index in [0.717, 1.165) is 5.56 Å². The van der Waals surface area contributed by atoms with Crippen molar-refractivity contribution in [2.45, 2.75) is 50.2 Å². The third-order valence-corrected chi connectivity index (χ3v) is 6.58. The highest BCUT2D eigenvalue weighted by Crippen LogP contribution is 2.33. The Balaban J connectivity index is 1.86. The second-order valence-electron chi connectivity index (χ2n) is 7.03. The molecule has 27 heavy (non-hydrogen) atoms. The molecular formula is C19H21N3O4S. The van der Waals surface area contributed by atoms with Gasteiger partial charge in [-0.15, -0.1) is 0 Å². The summed E-state index contributed by atoms with van der Waals surface area (Å²) < 4.78 is 34.3. The van der Waals surface area contributed by atoms with Crippen LogP contribution in [0.2, 0.25) is 0 Å². The second kappa shape index (κ2) is 6.70. The van der Waals surface area contributed by atoms with Crippen LogP contribution in [0.5, 0.6) is 0 Å². The Hall–Kier alpha value is -2.29. The lowest BCUT2D eigenvalue weighted by Gasteiger charge is -2.15. The lowest BCUT2D eigenvalue weighted by Crippen LogP contribution is -2.33. The fourth-order valence-electron chi connectivity index (χ4n) is 3.76. The van der Waals surface area contributed by atoms with Crippen molar-refractivity contribution >= 4 is 20.9 Å². The van der Waals surface area contributed by atoms with Crippen LogP contribution in [0.15, 0.2) is 39.9 Å². The van der Waals surface area contributed by atoms with Crippen LogP contribution in [-0.2, 0) is 10.0 Å². The fraction of sp³-hybridized carbons (Fsp3) is 0.368. The first-order chi connectivity index (χ1) is 12.8. The van der Waals surface area contributed by atoms with Gasteiger partial charge >= 0.3 is 0 Å². The molecule has 0 aliphatic heterocycles. The molecule has 2 atom stereocenters. The minimum Gasteiger partial charge on any atom is -0.393 e. The number of aryl methyl sites for hydroxylation is 2. The number of nitrogens with zero attached hydrogens (tertiary/aromatic N) is 2. The number of hydrogen-bond acceptors (Lipinski definition) is 6. The Bertz CT molecular complexity index is 1090. The number of fused-ring (bicyclic) bond motifs is 1. The van der Waals surface area contributed by atoms with E-state index in [2.05, 4.69) is 14.9 Å². The van der Waals surface area contributed by atoms with Gasteiger partial charge in [-0.1, -0.05) is 5.16 Å². The molecule has 0 spiro atoms. The summed E-state index contributed by atoms with van der Waals surface area (Å²) in [5.41, 5.74) is 2.75. The normalized spacial score (nSPS) is 20.4. The van der Waals surface area contributed by atoms with Crippen LogP contribution >= 0.6 is 0 Å². The van der Waals surface area contributed by atoms with Gasteiger partial charge in [-0.05, 0) is 62.9 Å². The highest BCUT2D eigenvalue weighted by atomic mass is 32.2. The van der Waals surface area contributed by atoms with E-state index in [9.17, 15) is 13.5 Å². The quantitative estimate of drug-likeness (QED) is 0.713. The van der Waals surface area contributed by atoms with Gasteiger partial charge in [0.15, 0.2) is 0 Å². The smallest absolute Gasteiger partial charge is 0.241 e. The third-order valence-electron chi connectivity index (χ3n) is 5.02. The van der Waals surface area contributed by atoms with Crippen LogP contribution in [0.25, 0.3) is 22.0 Å². The minimum atomic E-state index is -3.79. The molecule has 2 heterocycles. The average molecular weight is 387 g/mol. The van der Waals surface area contributed by atoms with Crippen molar-refractivity contribution < 1.29 is 18.0 Å². The van der Waals surface area contributed by atoms with E-state index in [1.165, 1.54) is 0 Å². The number of hydrogen-bond donors (Lipinski definition) is 2. The molecule has 4 rings (SSSR count). The molecule has 2 aromatic heterocycles. The van der Waals surface area contributed by atoms with Crippen molar-refractivity contribution in [3.05, 3.63) is 41.9 Å². The van der Waals surface area contributed by atoms with Crippen molar-refractivity contribution in [3.63, 3.8) is 0 Å². The first kappa shape index (κ1) is 18.1. The summed E-state index contributed by atoms with van der Waals surface area (Å²) in [6, 6.07) is 6.69. The molecule has 142 valence electrons. The Morgan fingerprint density at radius 1 is 1.26 bits per heavy atom. The zero-order valence-corrected chi connectivity index (χ0v) is 16.0. The summed E-state index contributed by atoms with van der Waals surface area (Å²) in [6.45, 7) is 3.62. The molecule has 1 saturated carbocycles. The Labute approximate surface area is 157 Å². The molecule has 2 N–H and O–H groups in total. The number of aliphatic hydroxyl groups is 1. The van der Waals surface area contributed by atoms with Gasteiger partial charge in [0.1, 0.15) is 5.76 Å². The second-order valence-corrected chi connectivity index (χ2v) is 8.71. The lowest BCUT2D eigenvalue weighted by molar-refractivity contribution is 0.181. The van der Waals surface area contributed by atoms with Crippen LogP contribution in [0.1, 0.15) is 30.7 Å². The van der Waals surface area contributed by atoms with Crippen molar-refractivity contribution in [3.8, 4) is 11.1 Å². The van der Waals surface area contributed by atoms with E-state index in [1.807, 2.05) is 13.0 Å². The van der Waals surface area contributed by atoms with E-state index in [-0.39, 0.29) is 10.9 Å². The van der Waals surface area contributed by atoms with Crippen molar-refractivity contribution in [2.24, 2.45) is 0 Å². The lowest BCUT2D eigenvalue weighted by atomic mass is 10.0. The summed E-state index contributed by atoms with van der Waals surface area (Å²) in [7, 11) is -3.79. The zero-order valence-electron chi connectivity index (χ0n) is 15.1. The van der Waals surface area contributed by atoms with Gasteiger partial charge in [-0.2, -0.15) is 0 Å². The topological polar surface area (TPSA) is 105 Å². The average Bonchev–Trinajstić information content (AvgIpc) is 3.18. The highest BCUT2D eigenvalue weighted by Gasteiger charge is 2.29. The first-order valence-electron chi connectivity index (χ1n) is 8.87. The fourth-order valence-corrected chi connectivity index (χ4v) is 5.28. The van der Waals surface area contributed by atoms with Gasteiger partial charge in [0.25, 0.3) is 0 Å². The summed E-state index contributed by atoms with van der Waals surface area (Å²) in [5.74, 6) is 0.623. The number of rotatable bonds is 4. The monoisotopic (exact) mass is 387 g/mol. The number of aliphatic hydroxyl groups excluding tert-OH is 1. The minimum absolute atomic E-state index is 0.171. The maximum Gasteiger partial charge on any atom is 0.241 e. The molecule has 7 nitrogen and oxygen atoms in total. The first-order valence-corrected chi connectivity index (χ1v) is 10.4. The van der Waals surface area contributed by atoms with Crippen molar-refractivity contribution in [2.75, 3.05) is 0 Å². The van der Waals surface area contributed by atoms with E-state index in [1.54, 1.807) is 31.3 Å². The SMILES string of the molecule is Cc1noc(C)c1-c1cc(S(=O)(=O)N[C@H]2CC[C@@H](O)C2)c2cccnc2c1. The summed E-state index contributed by atoms with van der Waals surface area (Å²) in [4.78, 5) is 4.52. The molecule has 0 unspecified atom stereocenters. The molecule has 0 bridgehead atoms. The van der Waals surface area contributed by atoms with Gasteiger partial charge in [0.2, 0.25) is 10.0 Å². The molecule has 1 fully saturated rings. The van der Waals surface area contributed by atoms with Crippen LogP contribution in [0, 0.1) is 13.8 Å². The maximum atomic E-state index is 13.1. The third kappa shape index (κ3) is 3.36. The summed E-state index contributed by atoms with van der Waals surface area (Å²) in [6.07, 6.45) is 2.84. The Kier molecular flexibility index (Phi) is 4.49. The number of sulfonamides is 1. The number of aromatic nitrogens is 2. The van der Waals surface area contributed by atoms with Gasteiger partial charge in [-0.25, -0.2) is 13.1 Å². The molecule has 8 heteroatoms. The number of pyridine rings is 1. The van der Waals surface area contributed by atoms with Crippen LogP contribution in [-0.4, -0.2) is 35.8 Å². The molecule has 3 aromatic rings. The number of nitrogens with one attached hydrogen (secondary N) is 1. The van der Waals surface area contributed by atoms with Gasteiger partial charge in [-0.3, -0.25) is 4.98 Å². The maximum absolute atomic E-state index is 13.1. The molecule has 1 aliphatic carbocycles. The molecule has 0 radical (unpaired) electrons. The molecule has 1 aromatic carbocycles. The van der Waals surface area contributed by atoms with Crippen LogP contribution in [0.4, 0.5) is 0 Å². The predicted octanol–water partition coefficient (Wildman–Crippen LogP) is 2.70. The van der Waals surface area contributed by atoms with Crippen molar-refractivity contribution in [1.82, 2.24) is 14.9 Å². The summed E-state index contributed by atoms with van der Waals surface area (Å²) >= 11 is 0. The molecule has 1 aliphatic rings. The van der Waals surface area contributed by atoms with Crippen molar-refractivity contribution in [1.29, 1.82) is 0 Å². The Morgan fingerprint density at radius 2 is 2.07 bits per heavy atom. The van der Waals surface area contributed by atoms with Gasteiger partial charge in [0.05, 0.1) is 22.2 Å². The van der Waals surface area contributed by atoms with E-state index in [0.29, 0.717) is 47.2 Å². The molecule has 0 saturated heterocycles. The largest absolute Gasteiger partial charge is 0.393 e. The highest BCUT2D eigenvalue weighted by molar-refractivity contribution is 7.89. The number of benzene rings is 1. The molecular weight excluding hydrogens is 366 g/mol. The van der Waals surface area contributed by atoms with Gasteiger partial charge in [0, 0.05) is 23.2 Å². The zero-order chi connectivity index (χ0) is 19.2. The standard InChI is InChI=1S/C19H21N3O4S/c1-11-19(12(2)26-21-11)13-8-17-16(4-3-7-20-17)18(9-13)27(24,25)22-14-5-6-15(23)10-14/h3-4,7-9,14-15,22-23H,5-6,10H2,1-2H3/t14-,15+/m0/s1. The predicted molar refractivity (Wildman–Crippen MR) is 101 cm³/mol. The van der Waals surface area contributed by atoms with Gasteiger partial charge < -0.3 is 9.63 Å².